The molecule has 2 heterocycles. The maximum absolute atomic E-state index is 12.5. The number of carbonyl (C=O) groups excluding carboxylic acids is 1. The van der Waals surface area contributed by atoms with E-state index in [0.29, 0.717) is 12.2 Å². The normalized spacial score (nSPS) is 12.9. The fourth-order valence-corrected chi connectivity index (χ4v) is 4.32. The van der Waals surface area contributed by atoms with Gasteiger partial charge in [-0.15, -0.1) is 11.3 Å². The van der Waals surface area contributed by atoms with Crippen LogP contribution in [0.15, 0.2) is 47.8 Å². The third-order valence-corrected chi connectivity index (χ3v) is 5.84. The van der Waals surface area contributed by atoms with E-state index < -0.39 is 0 Å². The molecule has 7 heteroatoms. The van der Waals surface area contributed by atoms with Crippen molar-refractivity contribution in [2.24, 2.45) is 0 Å². The largest absolute Gasteiger partial charge is 0.454 e. The Morgan fingerprint density at radius 1 is 1.03 bits per heavy atom. The number of thiazole rings is 1. The summed E-state index contributed by atoms with van der Waals surface area (Å²) in [6, 6.07) is 14.6. The number of benzene rings is 2. The highest BCUT2D eigenvalue weighted by atomic mass is 32.1. The van der Waals surface area contributed by atoms with Gasteiger partial charge in [-0.2, -0.15) is 0 Å². The van der Waals surface area contributed by atoms with Gasteiger partial charge in [0, 0.05) is 24.0 Å². The highest BCUT2D eigenvalue weighted by Crippen LogP contribution is 2.33. The maximum Gasteiger partial charge on any atom is 0.271 e. The van der Waals surface area contributed by atoms with Crippen molar-refractivity contribution >= 4 is 17.2 Å². The molecule has 0 bridgehead atoms. The molecule has 0 atom stereocenters. The second-order valence-corrected chi connectivity index (χ2v) is 10.1. The first-order chi connectivity index (χ1) is 15.2. The average molecular weight is 452 g/mol. The molecule has 1 aliphatic rings. The van der Waals surface area contributed by atoms with Gasteiger partial charge in [-0.25, -0.2) is 4.98 Å². The zero-order valence-electron chi connectivity index (χ0n) is 19.0. The minimum absolute atomic E-state index is 0.138. The summed E-state index contributed by atoms with van der Waals surface area (Å²) in [5, 5.41) is 5.72. The van der Waals surface area contributed by atoms with Gasteiger partial charge in [0.2, 0.25) is 6.79 Å². The highest BCUT2D eigenvalue weighted by molar-refractivity contribution is 7.09. The standard InChI is InChI=1S/C25H29N3O3S/c1-17-5-7-18(8-6-17)12-28(13-19-9-10-21-22(11-19)31-16-30-21)14-23-26-20(15-32-23)24(29)27-25(2,3)4/h5-11,15H,12-14,16H2,1-4H3,(H,27,29). The quantitative estimate of drug-likeness (QED) is 0.553. The second kappa shape index (κ2) is 9.30. The van der Waals surface area contributed by atoms with Crippen molar-refractivity contribution in [1.82, 2.24) is 15.2 Å². The summed E-state index contributed by atoms with van der Waals surface area (Å²) in [4.78, 5) is 19.4. The Labute approximate surface area is 193 Å². The van der Waals surface area contributed by atoms with E-state index in [0.717, 1.165) is 35.2 Å². The number of amides is 1. The molecule has 4 rings (SSSR count). The van der Waals surface area contributed by atoms with Crippen LogP contribution in [-0.4, -0.2) is 28.1 Å². The van der Waals surface area contributed by atoms with Gasteiger partial charge in [0.1, 0.15) is 10.7 Å². The number of ether oxygens (including phenoxy) is 2. The monoisotopic (exact) mass is 451 g/mol. The maximum atomic E-state index is 12.5. The topological polar surface area (TPSA) is 63.7 Å². The number of nitrogens with one attached hydrogen (secondary N) is 1. The third-order valence-electron chi connectivity index (χ3n) is 5.00. The molecule has 32 heavy (non-hydrogen) atoms. The van der Waals surface area contributed by atoms with Crippen molar-refractivity contribution in [1.29, 1.82) is 0 Å². The third kappa shape index (κ3) is 5.87. The lowest BCUT2D eigenvalue weighted by Gasteiger charge is -2.22. The zero-order chi connectivity index (χ0) is 22.7. The molecule has 3 aromatic rings. The summed E-state index contributed by atoms with van der Waals surface area (Å²) in [7, 11) is 0. The summed E-state index contributed by atoms with van der Waals surface area (Å²) in [5.74, 6) is 1.43. The van der Waals surface area contributed by atoms with Crippen LogP contribution in [0, 0.1) is 6.92 Å². The van der Waals surface area contributed by atoms with Crippen molar-refractivity contribution in [2.45, 2.75) is 52.9 Å². The van der Waals surface area contributed by atoms with Crippen LogP contribution in [0.5, 0.6) is 11.5 Å². The lowest BCUT2D eigenvalue weighted by atomic mass is 10.1. The number of aryl methyl sites for hydroxylation is 1. The van der Waals surface area contributed by atoms with Crippen LogP contribution < -0.4 is 14.8 Å². The summed E-state index contributed by atoms with van der Waals surface area (Å²) in [6.07, 6.45) is 0. The lowest BCUT2D eigenvalue weighted by molar-refractivity contribution is 0.0914. The molecule has 1 aromatic heterocycles. The lowest BCUT2D eigenvalue weighted by Crippen LogP contribution is -2.40. The molecule has 1 aliphatic heterocycles. The molecule has 0 radical (unpaired) electrons. The Morgan fingerprint density at radius 3 is 2.47 bits per heavy atom. The predicted octanol–water partition coefficient (Wildman–Crippen LogP) is 4.91. The fourth-order valence-electron chi connectivity index (χ4n) is 3.50. The van der Waals surface area contributed by atoms with Gasteiger partial charge < -0.3 is 14.8 Å². The molecule has 6 nitrogen and oxygen atoms in total. The Hall–Kier alpha value is -2.90. The number of carbonyl (C=O) groups is 1. The number of hydrogen-bond donors (Lipinski definition) is 1. The Kier molecular flexibility index (Phi) is 6.48. The Bertz CT molecular complexity index is 1090. The molecule has 0 aliphatic carbocycles. The van der Waals surface area contributed by atoms with Crippen molar-refractivity contribution < 1.29 is 14.3 Å². The number of hydrogen-bond acceptors (Lipinski definition) is 6. The van der Waals surface area contributed by atoms with Gasteiger partial charge in [0.05, 0.1) is 6.54 Å². The van der Waals surface area contributed by atoms with E-state index in [2.05, 4.69) is 52.5 Å². The Balaban J connectivity index is 1.51. The first-order valence-corrected chi connectivity index (χ1v) is 11.6. The van der Waals surface area contributed by atoms with Crippen LogP contribution in [0.2, 0.25) is 0 Å². The van der Waals surface area contributed by atoms with Crippen LogP contribution >= 0.6 is 11.3 Å². The zero-order valence-corrected chi connectivity index (χ0v) is 19.8. The van der Waals surface area contributed by atoms with Crippen LogP contribution in [0.1, 0.15) is 53.0 Å². The summed E-state index contributed by atoms with van der Waals surface area (Å²) in [6.45, 7) is 10.4. The number of nitrogens with zero attached hydrogens (tertiary/aromatic N) is 2. The molecule has 0 saturated carbocycles. The van der Waals surface area contributed by atoms with Crippen molar-refractivity contribution in [3.8, 4) is 11.5 Å². The molecule has 0 unspecified atom stereocenters. The van der Waals surface area contributed by atoms with Crippen molar-refractivity contribution in [2.75, 3.05) is 6.79 Å². The van der Waals surface area contributed by atoms with E-state index >= 15 is 0 Å². The summed E-state index contributed by atoms with van der Waals surface area (Å²) >= 11 is 1.52. The first kappa shape index (κ1) is 22.3. The molecule has 1 N–H and O–H groups in total. The van der Waals surface area contributed by atoms with Gasteiger partial charge in [-0.05, 0) is 51.0 Å². The highest BCUT2D eigenvalue weighted by Gasteiger charge is 2.19. The molecule has 168 valence electrons. The number of aromatic nitrogens is 1. The molecular formula is C25H29N3O3S. The summed E-state index contributed by atoms with van der Waals surface area (Å²) < 4.78 is 11.0. The van der Waals surface area contributed by atoms with Crippen LogP contribution in [-0.2, 0) is 19.6 Å². The first-order valence-electron chi connectivity index (χ1n) is 10.7. The van der Waals surface area contributed by atoms with E-state index in [1.807, 2.05) is 38.3 Å². The molecule has 0 spiro atoms. The molecule has 2 aromatic carbocycles. The van der Waals surface area contributed by atoms with E-state index in [-0.39, 0.29) is 18.2 Å². The van der Waals surface area contributed by atoms with Gasteiger partial charge in [0.15, 0.2) is 11.5 Å². The molecule has 1 amide bonds. The smallest absolute Gasteiger partial charge is 0.271 e. The number of rotatable bonds is 7. The SMILES string of the molecule is Cc1ccc(CN(Cc2ccc3c(c2)OCO3)Cc2nc(C(=O)NC(C)(C)C)cs2)cc1. The van der Waals surface area contributed by atoms with Crippen LogP contribution in [0.4, 0.5) is 0 Å². The van der Waals surface area contributed by atoms with E-state index in [1.165, 1.54) is 22.5 Å². The van der Waals surface area contributed by atoms with Crippen LogP contribution in [0.3, 0.4) is 0 Å². The van der Waals surface area contributed by atoms with E-state index in [1.54, 1.807) is 0 Å². The van der Waals surface area contributed by atoms with Gasteiger partial charge in [-0.3, -0.25) is 9.69 Å². The van der Waals surface area contributed by atoms with Gasteiger partial charge in [0.25, 0.3) is 5.91 Å². The van der Waals surface area contributed by atoms with Gasteiger partial charge in [-0.1, -0.05) is 35.9 Å². The average Bonchev–Trinajstić information content (AvgIpc) is 3.37. The number of fused-ring (bicyclic) bond motifs is 1. The minimum Gasteiger partial charge on any atom is -0.454 e. The van der Waals surface area contributed by atoms with Gasteiger partial charge >= 0.3 is 0 Å². The van der Waals surface area contributed by atoms with E-state index in [4.69, 9.17) is 9.47 Å². The second-order valence-electron chi connectivity index (χ2n) is 9.15. The minimum atomic E-state index is -0.294. The fraction of sp³-hybridized carbons (Fsp3) is 0.360. The van der Waals surface area contributed by atoms with E-state index in [9.17, 15) is 4.79 Å². The van der Waals surface area contributed by atoms with Crippen molar-refractivity contribution in [3.63, 3.8) is 0 Å². The molecule has 0 fully saturated rings. The van der Waals surface area contributed by atoms with Crippen molar-refractivity contribution in [3.05, 3.63) is 75.2 Å². The molecule has 0 saturated heterocycles. The van der Waals surface area contributed by atoms with Crippen LogP contribution in [0.25, 0.3) is 0 Å². The summed E-state index contributed by atoms with van der Waals surface area (Å²) in [5.41, 5.74) is 3.79. The predicted molar refractivity (Wildman–Crippen MR) is 126 cm³/mol. The molecular weight excluding hydrogens is 422 g/mol. The Morgan fingerprint density at radius 2 is 1.72 bits per heavy atom.